The van der Waals surface area contributed by atoms with Crippen molar-refractivity contribution in [3.63, 3.8) is 0 Å². The SMILES string of the molecule is COc1ccc(NC(=O)Cn2nc3c(Oc4ccccc4C)nccn3c2=O)cc1. The van der Waals surface area contributed by atoms with Crippen LogP contribution in [0.5, 0.6) is 17.4 Å². The highest BCUT2D eigenvalue weighted by molar-refractivity contribution is 5.90. The van der Waals surface area contributed by atoms with Gasteiger partial charge in [-0.1, -0.05) is 18.2 Å². The molecule has 0 radical (unpaired) electrons. The first-order valence-corrected chi connectivity index (χ1v) is 9.17. The van der Waals surface area contributed by atoms with Crippen LogP contribution in [0.3, 0.4) is 0 Å². The van der Waals surface area contributed by atoms with Crippen molar-refractivity contribution < 1.29 is 14.3 Å². The monoisotopic (exact) mass is 405 g/mol. The molecule has 2 heterocycles. The number of carbonyl (C=O) groups is 1. The molecular weight excluding hydrogens is 386 g/mol. The van der Waals surface area contributed by atoms with Crippen LogP contribution in [-0.2, 0) is 11.3 Å². The summed E-state index contributed by atoms with van der Waals surface area (Å²) in [6.45, 7) is 1.65. The van der Waals surface area contributed by atoms with E-state index in [1.807, 2.05) is 25.1 Å². The first-order valence-electron chi connectivity index (χ1n) is 9.17. The van der Waals surface area contributed by atoms with E-state index in [1.165, 1.54) is 16.8 Å². The van der Waals surface area contributed by atoms with Gasteiger partial charge in [-0.25, -0.2) is 18.9 Å². The van der Waals surface area contributed by atoms with Crippen molar-refractivity contribution in [3.05, 3.63) is 77.0 Å². The van der Waals surface area contributed by atoms with Gasteiger partial charge in [-0.3, -0.25) is 4.79 Å². The number of benzene rings is 2. The van der Waals surface area contributed by atoms with Crippen LogP contribution < -0.4 is 20.5 Å². The molecule has 0 unspecified atom stereocenters. The molecule has 30 heavy (non-hydrogen) atoms. The van der Waals surface area contributed by atoms with E-state index in [9.17, 15) is 9.59 Å². The van der Waals surface area contributed by atoms with Gasteiger partial charge in [-0.15, -0.1) is 5.10 Å². The van der Waals surface area contributed by atoms with Gasteiger partial charge >= 0.3 is 5.69 Å². The van der Waals surface area contributed by atoms with Gasteiger partial charge < -0.3 is 14.8 Å². The van der Waals surface area contributed by atoms with Crippen LogP contribution in [0.2, 0.25) is 0 Å². The highest BCUT2D eigenvalue weighted by atomic mass is 16.5. The predicted molar refractivity (Wildman–Crippen MR) is 110 cm³/mol. The number of methoxy groups -OCH3 is 1. The van der Waals surface area contributed by atoms with Gasteiger partial charge in [0, 0.05) is 18.1 Å². The molecule has 0 saturated heterocycles. The number of ether oxygens (including phenoxy) is 2. The second-order valence-electron chi connectivity index (χ2n) is 6.51. The Morgan fingerprint density at radius 2 is 1.90 bits per heavy atom. The molecule has 4 rings (SSSR count). The Labute approximate surface area is 171 Å². The van der Waals surface area contributed by atoms with Crippen LogP contribution in [0.25, 0.3) is 5.65 Å². The van der Waals surface area contributed by atoms with Gasteiger partial charge in [0.15, 0.2) is 0 Å². The lowest BCUT2D eigenvalue weighted by atomic mass is 10.2. The Kier molecular flexibility index (Phi) is 5.17. The molecule has 0 atom stereocenters. The maximum Gasteiger partial charge on any atom is 0.351 e. The summed E-state index contributed by atoms with van der Waals surface area (Å²) in [5.41, 5.74) is 1.26. The normalized spacial score (nSPS) is 10.7. The Morgan fingerprint density at radius 1 is 1.13 bits per heavy atom. The van der Waals surface area contributed by atoms with Crippen LogP contribution in [-0.4, -0.2) is 32.2 Å². The van der Waals surface area contributed by atoms with Crippen molar-refractivity contribution in [2.24, 2.45) is 0 Å². The van der Waals surface area contributed by atoms with E-state index >= 15 is 0 Å². The molecule has 0 aliphatic carbocycles. The van der Waals surface area contributed by atoms with Crippen LogP contribution in [0.1, 0.15) is 5.56 Å². The number of nitrogens with one attached hydrogen (secondary N) is 1. The first-order chi connectivity index (χ1) is 14.5. The van der Waals surface area contributed by atoms with Gasteiger partial charge in [0.1, 0.15) is 18.0 Å². The van der Waals surface area contributed by atoms with E-state index in [0.717, 1.165) is 10.2 Å². The maximum absolute atomic E-state index is 12.7. The molecule has 9 heteroatoms. The number of para-hydroxylation sites is 1. The summed E-state index contributed by atoms with van der Waals surface area (Å²) in [5, 5.41) is 6.97. The molecule has 4 aromatic rings. The molecule has 0 bridgehead atoms. The zero-order valence-corrected chi connectivity index (χ0v) is 16.4. The molecule has 1 amide bonds. The number of carbonyl (C=O) groups excluding carboxylic acids is 1. The van der Waals surface area contributed by atoms with Gasteiger partial charge in [-0.2, -0.15) is 0 Å². The number of aryl methyl sites for hydroxylation is 1. The third-order valence-corrected chi connectivity index (χ3v) is 4.44. The second kappa shape index (κ2) is 8.08. The molecule has 2 aromatic heterocycles. The average Bonchev–Trinajstić information content (AvgIpc) is 3.06. The summed E-state index contributed by atoms with van der Waals surface area (Å²) in [7, 11) is 1.56. The molecule has 1 N–H and O–H groups in total. The van der Waals surface area contributed by atoms with Crippen LogP contribution >= 0.6 is 0 Å². The van der Waals surface area contributed by atoms with Crippen molar-refractivity contribution >= 4 is 17.2 Å². The molecule has 2 aromatic carbocycles. The summed E-state index contributed by atoms with van der Waals surface area (Å²) in [6.07, 6.45) is 2.93. The summed E-state index contributed by atoms with van der Waals surface area (Å²) in [6, 6.07) is 14.3. The van der Waals surface area contributed by atoms with Crippen molar-refractivity contribution in [1.29, 1.82) is 0 Å². The minimum absolute atomic E-state index is 0.179. The van der Waals surface area contributed by atoms with E-state index < -0.39 is 5.69 Å². The molecule has 0 saturated carbocycles. The number of aromatic nitrogens is 4. The number of rotatable bonds is 6. The number of hydrogen-bond donors (Lipinski definition) is 1. The topological polar surface area (TPSA) is 99.8 Å². The van der Waals surface area contributed by atoms with E-state index in [2.05, 4.69) is 15.4 Å². The maximum atomic E-state index is 12.7. The quantitative estimate of drug-likeness (QED) is 0.529. The van der Waals surface area contributed by atoms with Gasteiger partial charge in [0.2, 0.25) is 11.6 Å². The lowest BCUT2D eigenvalue weighted by Gasteiger charge is -2.07. The fourth-order valence-electron chi connectivity index (χ4n) is 2.89. The third kappa shape index (κ3) is 3.86. The predicted octanol–water partition coefficient (Wildman–Crippen LogP) is 2.64. The smallest absolute Gasteiger partial charge is 0.351 e. The minimum atomic E-state index is -0.466. The van der Waals surface area contributed by atoms with Gasteiger partial charge in [0.05, 0.1) is 7.11 Å². The molecule has 152 valence electrons. The number of fused-ring (bicyclic) bond motifs is 1. The Bertz CT molecular complexity index is 1260. The first kappa shape index (κ1) is 19.2. The number of nitrogens with zero attached hydrogens (tertiary/aromatic N) is 4. The lowest BCUT2D eigenvalue weighted by molar-refractivity contribution is -0.117. The minimum Gasteiger partial charge on any atom is -0.497 e. The molecule has 0 fully saturated rings. The fourth-order valence-corrected chi connectivity index (χ4v) is 2.89. The summed E-state index contributed by atoms with van der Waals surface area (Å²) >= 11 is 0. The summed E-state index contributed by atoms with van der Waals surface area (Å²) in [5.74, 6) is 1.08. The van der Waals surface area contributed by atoms with Crippen molar-refractivity contribution in [1.82, 2.24) is 19.2 Å². The number of hydrogen-bond acceptors (Lipinski definition) is 6. The van der Waals surface area contributed by atoms with Crippen molar-refractivity contribution in [3.8, 4) is 17.4 Å². The summed E-state index contributed by atoms with van der Waals surface area (Å²) in [4.78, 5) is 29.2. The van der Waals surface area contributed by atoms with Gasteiger partial charge in [-0.05, 0) is 42.8 Å². The average molecular weight is 405 g/mol. The van der Waals surface area contributed by atoms with Gasteiger partial charge in [0.25, 0.3) is 5.88 Å². The number of anilines is 1. The van der Waals surface area contributed by atoms with Crippen molar-refractivity contribution in [2.75, 3.05) is 12.4 Å². The van der Waals surface area contributed by atoms with E-state index in [1.54, 1.807) is 37.4 Å². The van der Waals surface area contributed by atoms with Crippen LogP contribution in [0.4, 0.5) is 5.69 Å². The van der Waals surface area contributed by atoms with E-state index in [-0.39, 0.29) is 24.0 Å². The third-order valence-electron chi connectivity index (χ3n) is 4.44. The highest BCUT2D eigenvalue weighted by Crippen LogP contribution is 2.24. The Balaban J connectivity index is 1.57. The number of amides is 1. The zero-order chi connectivity index (χ0) is 21.1. The standard InChI is InChI=1S/C21H19N5O4/c1-14-5-3-4-6-17(14)30-20-19-24-26(21(28)25(19)12-11-22-20)13-18(27)23-15-7-9-16(29-2)10-8-15/h3-12H,13H2,1-2H3,(H,23,27). The van der Waals surface area contributed by atoms with E-state index in [4.69, 9.17) is 9.47 Å². The summed E-state index contributed by atoms with van der Waals surface area (Å²) < 4.78 is 13.3. The lowest BCUT2D eigenvalue weighted by Crippen LogP contribution is -2.28. The van der Waals surface area contributed by atoms with Crippen LogP contribution in [0.15, 0.2) is 65.7 Å². The largest absolute Gasteiger partial charge is 0.497 e. The molecule has 0 aliphatic heterocycles. The fraction of sp³-hybridized carbons (Fsp3) is 0.143. The molecule has 0 spiro atoms. The molecule has 0 aliphatic rings. The molecule has 9 nitrogen and oxygen atoms in total. The Hall–Kier alpha value is -4.14. The Morgan fingerprint density at radius 3 is 2.63 bits per heavy atom. The van der Waals surface area contributed by atoms with Crippen LogP contribution in [0, 0.1) is 6.92 Å². The zero-order valence-electron chi connectivity index (χ0n) is 16.4. The second-order valence-corrected chi connectivity index (χ2v) is 6.51. The highest BCUT2D eigenvalue weighted by Gasteiger charge is 2.16. The molecular formula is C21H19N5O4. The van der Waals surface area contributed by atoms with Crippen molar-refractivity contribution in [2.45, 2.75) is 13.5 Å². The van der Waals surface area contributed by atoms with E-state index in [0.29, 0.717) is 17.2 Å².